The summed E-state index contributed by atoms with van der Waals surface area (Å²) < 4.78 is 15.9. The van der Waals surface area contributed by atoms with Crippen molar-refractivity contribution in [3.63, 3.8) is 0 Å². The zero-order chi connectivity index (χ0) is 16.1. The molecule has 0 unspecified atom stereocenters. The van der Waals surface area contributed by atoms with Crippen LogP contribution in [0, 0.1) is 12.8 Å². The lowest BCUT2D eigenvalue weighted by molar-refractivity contribution is 0.122. The summed E-state index contributed by atoms with van der Waals surface area (Å²) in [5.41, 5.74) is 1.81. The summed E-state index contributed by atoms with van der Waals surface area (Å²) in [6.45, 7) is 5.57. The number of likely N-dealkylation sites (tertiary alicyclic amines) is 1. The van der Waals surface area contributed by atoms with E-state index in [0.29, 0.717) is 5.92 Å². The first-order valence-corrected chi connectivity index (χ1v) is 8.02. The van der Waals surface area contributed by atoms with Crippen LogP contribution in [0.3, 0.4) is 0 Å². The van der Waals surface area contributed by atoms with Gasteiger partial charge in [0.25, 0.3) is 0 Å². The van der Waals surface area contributed by atoms with Crippen molar-refractivity contribution in [3.05, 3.63) is 35.7 Å². The Labute approximate surface area is 136 Å². The van der Waals surface area contributed by atoms with Crippen LogP contribution in [0.15, 0.2) is 28.9 Å². The number of hydrogen-bond donors (Lipinski definition) is 0. The van der Waals surface area contributed by atoms with Crippen molar-refractivity contribution in [3.8, 4) is 11.5 Å². The van der Waals surface area contributed by atoms with Gasteiger partial charge >= 0.3 is 0 Å². The van der Waals surface area contributed by atoms with Crippen LogP contribution in [-0.4, -0.2) is 42.0 Å². The molecule has 0 saturated carbocycles. The number of rotatable bonds is 6. The van der Waals surface area contributed by atoms with Crippen LogP contribution >= 0.6 is 0 Å². The van der Waals surface area contributed by atoms with Crippen molar-refractivity contribution in [2.75, 3.05) is 26.8 Å². The molecule has 1 aromatic heterocycles. The van der Waals surface area contributed by atoms with Gasteiger partial charge in [-0.15, -0.1) is 0 Å². The maximum Gasteiger partial charge on any atom is 0.122 e. The summed E-state index contributed by atoms with van der Waals surface area (Å²) in [5, 5.41) is 7.82. The maximum atomic E-state index is 5.92. The normalized spacial score (nSPS) is 18.8. The Morgan fingerprint density at radius 1 is 1.22 bits per heavy atom. The molecule has 0 amide bonds. The van der Waals surface area contributed by atoms with Crippen LogP contribution in [0.1, 0.15) is 24.2 Å². The van der Waals surface area contributed by atoms with Gasteiger partial charge < -0.3 is 9.47 Å². The Bertz CT molecular complexity index is 612. The number of piperidine rings is 1. The fraction of sp³-hybridized carbons (Fsp3) is 0.529. The molecule has 0 spiro atoms. The standard InChI is InChI=1S/C17H23N3O3/c1-13-17(19-23-18-13)11-20-9-3-4-14(10-20)12-22-16-7-5-15(21-2)6-8-16/h5-8,14H,3-4,9-12H2,1-2H3/t14-/m0/s1. The summed E-state index contributed by atoms with van der Waals surface area (Å²) >= 11 is 0. The van der Waals surface area contributed by atoms with E-state index in [4.69, 9.17) is 14.1 Å². The van der Waals surface area contributed by atoms with Crippen molar-refractivity contribution in [1.82, 2.24) is 15.2 Å². The molecule has 0 radical (unpaired) electrons. The Balaban J connectivity index is 1.49. The van der Waals surface area contributed by atoms with Gasteiger partial charge in [0.2, 0.25) is 0 Å². The Kier molecular flexibility index (Phi) is 5.12. The molecule has 6 heteroatoms. The van der Waals surface area contributed by atoms with Crippen molar-refractivity contribution in [2.45, 2.75) is 26.3 Å². The molecule has 1 fully saturated rings. The second-order valence-corrected chi connectivity index (χ2v) is 6.03. The molecular weight excluding hydrogens is 294 g/mol. The van der Waals surface area contributed by atoms with E-state index < -0.39 is 0 Å². The molecular formula is C17H23N3O3. The zero-order valence-corrected chi connectivity index (χ0v) is 13.7. The minimum atomic E-state index is 0.533. The molecule has 0 N–H and O–H groups in total. The Hall–Kier alpha value is -2.08. The molecule has 0 bridgehead atoms. The molecule has 23 heavy (non-hydrogen) atoms. The number of ether oxygens (including phenoxy) is 2. The third-order valence-electron chi connectivity index (χ3n) is 4.27. The molecule has 1 aromatic carbocycles. The molecule has 1 saturated heterocycles. The molecule has 3 rings (SSSR count). The van der Waals surface area contributed by atoms with Gasteiger partial charge in [-0.1, -0.05) is 10.3 Å². The summed E-state index contributed by atoms with van der Waals surface area (Å²) in [6.07, 6.45) is 2.38. The Morgan fingerprint density at radius 3 is 2.70 bits per heavy atom. The Morgan fingerprint density at radius 2 is 2.00 bits per heavy atom. The fourth-order valence-electron chi connectivity index (χ4n) is 2.92. The van der Waals surface area contributed by atoms with Gasteiger partial charge in [0.05, 0.1) is 13.7 Å². The van der Waals surface area contributed by atoms with Crippen LogP contribution in [0.2, 0.25) is 0 Å². The van der Waals surface area contributed by atoms with Gasteiger partial charge in [0, 0.05) is 19.0 Å². The number of nitrogens with zero attached hydrogens (tertiary/aromatic N) is 3. The van der Waals surface area contributed by atoms with Crippen molar-refractivity contribution >= 4 is 0 Å². The maximum absolute atomic E-state index is 5.92. The van der Waals surface area contributed by atoms with Gasteiger partial charge in [-0.3, -0.25) is 4.90 Å². The lowest BCUT2D eigenvalue weighted by Crippen LogP contribution is -2.37. The number of aromatic nitrogens is 2. The lowest BCUT2D eigenvalue weighted by Gasteiger charge is -2.32. The number of aryl methyl sites for hydroxylation is 1. The topological polar surface area (TPSA) is 60.6 Å². The number of benzene rings is 1. The summed E-state index contributed by atoms with van der Waals surface area (Å²) in [5.74, 6) is 2.27. The van der Waals surface area contributed by atoms with E-state index in [1.165, 1.54) is 12.8 Å². The highest BCUT2D eigenvalue weighted by Gasteiger charge is 2.22. The van der Waals surface area contributed by atoms with Gasteiger partial charge in [-0.05, 0) is 50.6 Å². The van der Waals surface area contributed by atoms with Gasteiger partial charge in [-0.25, -0.2) is 4.63 Å². The van der Waals surface area contributed by atoms with E-state index in [2.05, 4.69) is 15.2 Å². The van der Waals surface area contributed by atoms with E-state index in [9.17, 15) is 0 Å². The van der Waals surface area contributed by atoms with Crippen molar-refractivity contribution < 1.29 is 14.1 Å². The average Bonchev–Trinajstić information content (AvgIpc) is 2.99. The molecule has 2 aromatic rings. The molecule has 6 nitrogen and oxygen atoms in total. The molecule has 1 atom stereocenters. The van der Waals surface area contributed by atoms with E-state index in [1.807, 2.05) is 31.2 Å². The van der Waals surface area contributed by atoms with Crippen LogP contribution in [0.5, 0.6) is 11.5 Å². The van der Waals surface area contributed by atoms with E-state index in [1.54, 1.807) is 7.11 Å². The third-order valence-corrected chi connectivity index (χ3v) is 4.27. The van der Waals surface area contributed by atoms with Gasteiger partial charge in [-0.2, -0.15) is 0 Å². The van der Waals surface area contributed by atoms with Gasteiger partial charge in [0.1, 0.15) is 22.9 Å². The average molecular weight is 317 g/mol. The second kappa shape index (κ2) is 7.46. The monoisotopic (exact) mass is 317 g/mol. The largest absolute Gasteiger partial charge is 0.497 e. The van der Waals surface area contributed by atoms with E-state index in [0.717, 1.165) is 49.1 Å². The molecule has 0 aliphatic carbocycles. The van der Waals surface area contributed by atoms with Crippen LogP contribution in [0.4, 0.5) is 0 Å². The summed E-state index contributed by atoms with van der Waals surface area (Å²) in [6, 6.07) is 7.74. The first-order chi connectivity index (χ1) is 11.2. The highest BCUT2D eigenvalue weighted by molar-refractivity contribution is 5.31. The SMILES string of the molecule is COc1ccc(OC[C@H]2CCCN(Cc3nonc3C)C2)cc1. The van der Waals surface area contributed by atoms with Crippen LogP contribution < -0.4 is 9.47 Å². The lowest BCUT2D eigenvalue weighted by atomic mass is 9.99. The minimum Gasteiger partial charge on any atom is -0.497 e. The number of hydrogen-bond acceptors (Lipinski definition) is 6. The highest BCUT2D eigenvalue weighted by Crippen LogP contribution is 2.22. The van der Waals surface area contributed by atoms with Crippen molar-refractivity contribution in [1.29, 1.82) is 0 Å². The molecule has 2 heterocycles. The predicted molar refractivity (Wildman–Crippen MR) is 85.5 cm³/mol. The first-order valence-electron chi connectivity index (χ1n) is 8.02. The first kappa shape index (κ1) is 15.8. The van der Waals surface area contributed by atoms with E-state index in [-0.39, 0.29) is 0 Å². The summed E-state index contributed by atoms with van der Waals surface area (Å²) in [7, 11) is 1.67. The van der Waals surface area contributed by atoms with E-state index >= 15 is 0 Å². The summed E-state index contributed by atoms with van der Waals surface area (Å²) in [4.78, 5) is 2.40. The smallest absolute Gasteiger partial charge is 0.122 e. The van der Waals surface area contributed by atoms with Crippen LogP contribution in [-0.2, 0) is 6.54 Å². The highest BCUT2D eigenvalue weighted by atomic mass is 16.6. The number of methoxy groups -OCH3 is 1. The van der Waals surface area contributed by atoms with Crippen molar-refractivity contribution in [2.24, 2.45) is 5.92 Å². The zero-order valence-electron chi connectivity index (χ0n) is 13.7. The molecule has 1 aliphatic heterocycles. The predicted octanol–water partition coefficient (Wildman–Crippen LogP) is 2.68. The van der Waals surface area contributed by atoms with Gasteiger partial charge in [0.15, 0.2) is 0 Å². The third kappa shape index (κ3) is 4.22. The fourth-order valence-corrected chi connectivity index (χ4v) is 2.92. The van der Waals surface area contributed by atoms with Crippen LogP contribution in [0.25, 0.3) is 0 Å². The quantitative estimate of drug-likeness (QED) is 0.816. The minimum absolute atomic E-state index is 0.533. The molecule has 124 valence electrons. The second-order valence-electron chi connectivity index (χ2n) is 6.03. The molecule has 1 aliphatic rings.